The molecule has 8 heteroatoms. The molecule has 1 heterocycles. The van der Waals surface area contributed by atoms with Gasteiger partial charge < -0.3 is 15.2 Å². The Morgan fingerprint density at radius 1 is 1.07 bits per heavy atom. The second-order valence-electron chi connectivity index (χ2n) is 6.31. The Morgan fingerprint density at radius 2 is 1.70 bits per heavy atom. The maximum absolute atomic E-state index is 12.8. The van der Waals surface area contributed by atoms with Crippen LogP contribution in [0.1, 0.15) is 19.4 Å². The fourth-order valence-corrected chi connectivity index (χ4v) is 3.79. The predicted molar refractivity (Wildman–Crippen MR) is 119 cm³/mol. The number of rotatable bonds is 8. The third kappa shape index (κ3) is 5.42. The third-order valence-corrected chi connectivity index (χ3v) is 5.14. The lowest BCUT2D eigenvalue weighted by Crippen LogP contribution is -2.28. The quantitative estimate of drug-likeness (QED) is 0.653. The van der Waals surface area contributed by atoms with E-state index in [1.807, 2.05) is 56.3 Å². The summed E-state index contributed by atoms with van der Waals surface area (Å²) < 4.78 is 10.7. The molecule has 0 saturated carbocycles. The van der Waals surface area contributed by atoms with Crippen molar-refractivity contribution in [3.63, 3.8) is 0 Å². The number of benzene rings is 2. The van der Waals surface area contributed by atoms with E-state index < -0.39 is 5.91 Å². The lowest BCUT2D eigenvalue weighted by atomic mass is 10.2. The van der Waals surface area contributed by atoms with E-state index in [9.17, 15) is 9.59 Å². The fourth-order valence-electron chi connectivity index (χ4n) is 2.73. The lowest BCUT2D eigenvalue weighted by Gasteiger charge is -2.12. The number of amides is 2. The Bertz CT molecular complexity index is 969. The maximum Gasteiger partial charge on any atom is 0.266 e. The molecule has 0 bridgehead atoms. The van der Waals surface area contributed by atoms with Crippen molar-refractivity contribution in [3.8, 4) is 11.5 Å². The molecule has 2 aromatic carbocycles. The van der Waals surface area contributed by atoms with E-state index in [0.29, 0.717) is 29.0 Å². The zero-order chi connectivity index (χ0) is 21.5. The van der Waals surface area contributed by atoms with Crippen LogP contribution in [0.3, 0.4) is 0 Å². The molecule has 2 N–H and O–H groups in total. The summed E-state index contributed by atoms with van der Waals surface area (Å²) in [5.74, 6) is 0.705. The molecule has 7 nitrogen and oxygen atoms in total. The van der Waals surface area contributed by atoms with Gasteiger partial charge in [-0.1, -0.05) is 12.1 Å². The molecule has 0 unspecified atom stereocenters. The Labute approximate surface area is 179 Å². The van der Waals surface area contributed by atoms with Crippen molar-refractivity contribution < 1.29 is 19.1 Å². The SMILES string of the molecule is CCOc1ccc(N=C2S/C(=C\c3ccc(OCC(N)=O)cc3)C(=O)N2CC)cc1. The van der Waals surface area contributed by atoms with Crippen molar-refractivity contribution in [1.29, 1.82) is 0 Å². The number of hydrogen-bond acceptors (Lipinski definition) is 6. The first-order valence-corrected chi connectivity index (χ1v) is 10.4. The lowest BCUT2D eigenvalue weighted by molar-refractivity contribution is -0.122. The predicted octanol–water partition coefficient (Wildman–Crippen LogP) is 3.57. The van der Waals surface area contributed by atoms with E-state index in [1.54, 1.807) is 17.0 Å². The minimum absolute atomic E-state index is 0.0822. The molecule has 1 saturated heterocycles. The second-order valence-corrected chi connectivity index (χ2v) is 7.31. The Kier molecular flexibility index (Phi) is 7.13. The van der Waals surface area contributed by atoms with Crippen LogP contribution in [-0.2, 0) is 9.59 Å². The minimum Gasteiger partial charge on any atom is -0.494 e. The topological polar surface area (TPSA) is 94.2 Å². The smallest absolute Gasteiger partial charge is 0.266 e. The highest BCUT2D eigenvalue weighted by Crippen LogP contribution is 2.34. The zero-order valence-corrected chi connectivity index (χ0v) is 17.6. The molecule has 0 radical (unpaired) electrons. The van der Waals surface area contributed by atoms with Gasteiger partial charge in [-0.15, -0.1) is 0 Å². The van der Waals surface area contributed by atoms with E-state index in [1.165, 1.54) is 11.8 Å². The summed E-state index contributed by atoms with van der Waals surface area (Å²) in [5, 5.41) is 0.638. The first-order valence-electron chi connectivity index (χ1n) is 9.54. The van der Waals surface area contributed by atoms with Gasteiger partial charge in [-0.05, 0) is 73.6 Å². The van der Waals surface area contributed by atoms with Gasteiger partial charge >= 0.3 is 0 Å². The number of primary amides is 1. The summed E-state index contributed by atoms with van der Waals surface area (Å²) in [5.41, 5.74) is 6.67. The van der Waals surface area contributed by atoms with E-state index in [0.717, 1.165) is 17.0 Å². The average Bonchev–Trinajstić information content (AvgIpc) is 3.03. The average molecular weight is 426 g/mol. The molecule has 1 aliphatic heterocycles. The molecule has 0 aliphatic carbocycles. The van der Waals surface area contributed by atoms with Crippen LogP contribution in [0.4, 0.5) is 5.69 Å². The Balaban J connectivity index is 1.77. The molecule has 1 aliphatic rings. The van der Waals surface area contributed by atoms with Gasteiger partial charge in [0, 0.05) is 6.54 Å². The molecule has 2 amide bonds. The maximum atomic E-state index is 12.8. The summed E-state index contributed by atoms with van der Waals surface area (Å²) in [6, 6.07) is 14.5. The number of likely N-dealkylation sites (N-methyl/N-ethyl adjacent to an activating group) is 1. The molecular formula is C22H23N3O4S. The first-order chi connectivity index (χ1) is 14.5. The minimum atomic E-state index is -0.534. The number of amidine groups is 1. The number of aliphatic imine (C=N–C) groups is 1. The van der Waals surface area contributed by atoms with Gasteiger partial charge in [-0.25, -0.2) is 4.99 Å². The number of nitrogens with zero attached hydrogens (tertiary/aromatic N) is 2. The van der Waals surface area contributed by atoms with Crippen LogP contribution in [0, 0.1) is 0 Å². The van der Waals surface area contributed by atoms with Gasteiger partial charge in [0.25, 0.3) is 11.8 Å². The van der Waals surface area contributed by atoms with Crippen LogP contribution in [-0.4, -0.2) is 41.6 Å². The monoisotopic (exact) mass is 425 g/mol. The van der Waals surface area contributed by atoms with Crippen molar-refractivity contribution in [2.45, 2.75) is 13.8 Å². The highest BCUT2D eigenvalue weighted by molar-refractivity contribution is 8.18. The second kappa shape index (κ2) is 9.98. The van der Waals surface area contributed by atoms with Crippen molar-refractivity contribution in [2.75, 3.05) is 19.8 Å². The van der Waals surface area contributed by atoms with Gasteiger partial charge in [-0.3, -0.25) is 14.5 Å². The number of ether oxygens (including phenoxy) is 2. The summed E-state index contributed by atoms with van der Waals surface area (Å²) in [6.45, 7) is 4.81. The van der Waals surface area contributed by atoms with Gasteiger partial charge in [0.2, 0.25) is 0 Å². The van der Waals surface area contributed by atoms with Crippen LogP contribution >= 0.6 is 11.8 Å². The normalized spacial score (nSPS) is 16.3. The van der Waals surface area contributed by atoms with E-state index in [-0.39, 0.29) is 12.5 Å². The first kappa shape index (κ1) is 21.4. The Morgan fingerprint density at radius 3 is 2.30 bits per heavy atom. The number of carbonyl (C=O) groups is 2. The molecule has 2 aromatic rings. The van der Waals surface area contributed by atoms with Gasteiger partial charge in [0.15, 0.2) is 11.8 Å². The van der Waals surface area contributed by atoms with Crippen molar-refractivity contribution in [2.24, 2.45) is 10.7 Å². The molecule has 0 aromatic heterocycles. The molecule has 30 heavy (non-hydrogen) atoms. The molecule has 1 fully saturated rings. The van der Waals surface area contributed by atoms with Crippen molar-refractivity contribution in [1.82, 2.24) is 4.90 Å². The van der Waals surface area contributed by atoms with Crippen molar-refractivity contribution >= 4 is 40.5 Å². The zero-order valence-electron chi connectivity index (χ0n) is 16.8. The summed E-state index contributed by atoms with van der Waals surface area (Å²) in [4.78, 5) is 30.5. The largest absolute Gasteiger partial charge is 0.494 e. The van der Waals surface area contributed by atoms with Crippen molar-refractivity contribution in [3.05, 3.63) is 59.0 Å². The number of thioether (sulfide) groups is 1. The van der Waals surface area contributed by atoms with Gasteiger partial charge in [-0.2, -0.15) is 0 Å². The number of nitrogens with two attached hydrogens (primary N) is 1. The molecule has 3 rings (SSSR count). The summed E-state index contributed by atoms with van der Waals surface area (Å²) in [6.07, 6.45) is 1.81. The van der Waals surface area contributed by atoms with Crippen LogP contribution in [0.5, 0.6) is 11.5 Å². The fraction of sp³-hybridized carbons (Fsp3) is 0.227. The molecule has 156 valence electrons. The van der Waals surface area contributed by atoms with Gasteiger partial charge in [0.1, 0.15) is 11.5 Å². The summed E-state index contributed by atoms with van der Waals surface area (Å²) in [7, 11) is 0. The van der Waals surface area contributed by atoms with Crippen LogP contribution in [0.2, 0.25) is 0 Å². The summed E-state index contributed by atoms with van der Waals surface area (Å²) >= 11 is 1.34. The van der Waals surface area contributed by atoms with Gasteiger partial charge in [0.05, 0.1) is 17.2 Å². The highest BCUT2D eigenvalue weighted by Gasteiger charge is 2.32. The standard InChI is InChI=1S/C22H23N3O4S/c1-3-25-21(27)19(13-15-5-9-18(10-6-15)29-14-20(23)26)30-22(25)24-16-7-11-17(12-8-16)28-4-2/h5-13H,3-4,14H2,1-2H3,(H2,23,26)/b19-13-,24-22?. The van der Waals surface area contributed by atoms with E-state index >= 15 is 0 Å². The number of carbonyl (C=O) groups excluding carboxylic acids is 2. The van der Waals surface area contributed by atoms with E-state index in [4.69, 9.17) is 15.2 Å². The number of hydrogen-bond donors (Lipinski definition) is 1. The molecule has 0 spiro atoms. The van der Waals surface area contributed by atoms with E-state index in [2.05, 4.69) is 4.99 Å². The third-order valence-electron chi connectivity index (χ3n) is 4.14. The highest BCUT2D eigenvalue weighted by atomic mass is 32.2. The molecule has 0 atom stereocenters. The van der Waals surface area contributed by atoms with Crippen LogP contribution in [0.15, 0.2) is 58.4 Å². The Hall–Kier alpha value is -3.26. The van der Waals surface area contributed by atoms with Crippen LogP contribution < -0.4 is 15.2 Å². The van der Waals surface area contributed by atoms with Crippen LogP contribution in [0.25, 0.3) is 6.08 Å². The molecular weight excluding hydrogens is 402 g/mol.